The first-order valence-electron chi connectivity index (χ1n) is 5.00. The summed E-state index contributed by atoms with van der Waals surface area (Å²) in [6, 6.07) is 3.12. The van der Waals surface area contributed by atoms with E-state index in [4.69, 9.17) is 10.9 Å². The predicted molar refractivity (Wildman–Crippen MR) is 63.9 cm³/mol. The molecule has 0 aromatic carbocycles. The lowest BCUT2D eigenvalue weighted by Gasteiger charge is -2.15. The van der Waals surface area contributed by atoms with Crippen molar-refractivity contribution in [2.75, 3.05) is 0 Å². The molecule has 1 aromatic rings. The summed E-state index contributed by atoms with van der Waals surface area (Å²) >= 11 is 1.36. The molecule has 0 bridgehead atoms. The van der Waals surface area contributed by atoms with Gasteiger partial charge in [0, 0.05) is 0 Å². The lowest BCUT2D eigenvalue weighted by Crippen LogP contribution is -2.44. The zero-order chi connectivity index (χ0) is 12.0. The highest BCUT2D eigenvalue weighted by atomic mass is 32.1. The van der Waals surface area contributed by atoms with Crippen LogP contribution in [0.3, 0.4) is 0 Å². The molecule has 1 unspecified atom stereocenters. The highest BCUT2D eigenvalue weighted by molar-refractivity contribution is 7.12. The number of carbonyl (C=O) groups is 1. The van der Waals surface area contributed by atoms with Gasteiger partial charge in [0.1, 0.15) is 0 Å². The normalized spacial score (nSPS) is 13.4. The number of thiophene rings is 1. The summed E-state index contributed by atoms with van der Waals surface area (Å²) in [5.41, 5.74) is 5.49. The maximum absolute atomic E-state index is 11.7. The van der Waals surface area contributed by atoms with E-state index in [-0.39, 0.29) is 11.7 Å². The molecule has 0 aliphatic carbocycles. The molecule has 0 fully saturated rings. The maximum Gasteiger partial charge on any atom is 0.261 e. The van der Waals surface area contributed by atoms with Crippen molar-refractivity contribution in [1.29, 1.82) is 0 Å². The summed E-state index contributed by atoms with van der Waals surface area (Å²) in [4.78, 5) is 12.3. The number of nitrogens with one attached hydrogen (secondary N) is 1. The average Bonchev–Trinajstić information content (AvgIpc) is 2.80. The molecule has 5 nitrogen and oxygen atoms in total. The van der Waals surface area contributed by atoms with Gasteiger partial charge in [-0.25, -0.2) is 0 Å². The minimum Gasteiger partial charge on any atom is -0.409 e. The van der Waals surface area contributed by atoms with Crippen molar-refractivity contribution in [3.8, 4) is 0 Å². The highest BCUT2D eigenvalue weighted by Gasteiger charge is 2.17. The summed E-state index contributed by atoms with van der Waals surface area (Å²) in [7, 11) is 0. The standard InChI is InChI=1S/C10H15N3O2S/c1-2-4-7(9(11)13-15)12-10(14)8-5-3-6-16-8/h3,5-7,15H,2,4H2,1H3,(H2,11,13)(H,12,14). The van der Waals surface area contributed by atoms with Crippen LogP contribution in [0.1, 0.15) is 29.4 Å². The fraction of sp³-hybridized carbons (Fsp3) is 0.400. The van der Waals surface area contributed by atoms with E-state index in [9.17, 15) is 4.79 Å². The van der Waals surface area contributed by atoms with E-state index < -0.39 is 6.04 Å². The van der Waals surface area contributed by atoms with E-state index in [1.54, 1.807) is 12.1 Å². The Morgan fingerprint density at radius 1 is 1.75 bits per heavy atom. The Labute approximate surface area is 98.0 Å². The number of rotatable bonds is 5. The Bertz CT molecular complexity index is 362. The van der Waals surface area contributed by atoms with Crippen molar-refractivity contribution in [2.45, 2.75) is 25.8 Å². The Kier molecular flexibility index (Phi) is 4.78. The fourth-order valence-corrected chi connectivity index (χ4v) is 1.92. The van der Waals surface area contributed by atoms with E-state index >= 15 is 0 Å². The van der Waals surface area contributed by atoms with Crippen LogP contribution in [0.5, 0.6) is 0 Å². The lowest BCUT2D eigenvalue weighted by atomic mass is 10.1. The number of hydrogen-bond donors (Lipinski definition) is 3. The molecule has 1 aromatic heterocycles. The van der Waals surface area contributed by atoms with Crippen LogP contribution in [0.4, 0.5) is 0 Å². The van der Waals surface area contributed by atoms with Crippen molar-refractivity contribution in [3.05, 3.63) is 22.4 Å². The van der Waals surface area contributed by atoms with Crippen molar-refractivity contribution >= 4 is 23.1 Å². The molecule has 88 valence electrons. The number of hydrogen-bond acceptors (Lipinski definition) is 4. The number of nitrogens with zero attached hydrogens (tertiary/aromatic N) is 1. The molecule has 1 rings (SSSR count). The van der Waals surface area contributed by atoms with Crippen molar-refractivity contribution in [2.24, 2.45) is 10.9 Å². The van der Waals surface area contributed by atoms with Crippen LogP contribution in [-0.2, 0) is 0 Å². The van der Waals surface area contributed by atoms with Gasteiger partial charge in [-0.3, -0.25) is 4.79 Å². The minimum absolute atomic E-state index is 0.0340. The van der Waals surface area contributed by atoms with Gasteiger partial charge in [0.25, 0.3) is 5.91 Å². The van der Waals surface area contributed by atoms with Gasteiger partial charge < -0.3 is 16.3 Å². The highest BCUT2D eigenvalue weighted by Crippen LogP contribution is 2.09. The first kappa shape index (κ1) is 12.5. The first-order chi connectivity index (χ1) is 7.69. The second-order valence-corrected chi connectivity index (χ2v) is 4.26. The van der Waals surface area contributed by atoms with Crippen LogP contribution in [0, 0.1) is 0 Å². The van der Waals surface area contributed by atoms with Gasteiger partial charge in [-0.15, -0.1) is 11.3 Å². The van der Waals surface area contributed by atoms with Crippen LogP contribution in [0.25, 0.3) is 0 Å². The molecule has 0 saturated heterocycles. The number of nitrogens with two attached hydrogens (primary N) is 1. The van der Waals surface area contributed by atoms with Gasteiger partial charge >= 0.3 is 0 Å². The topological polar surface area (TPSA) is 87.7 Å². The summed E-state index contributed by atoms with van der Waals surface area (Å²) < 4.78 is 0. The van der Waals surface area contributed by atoms with Crippen molar-refractivity contribution < 1.29 is 10.0 Å². The number of amidine groups is 1. The van der Waals surface area contributed by atoms with E-state index in [1.165, 1.54) is 11.3 Å². The Morgan fingerprint density at radius 2 is 2.50 bits per heavy atom. The van der Waals surface area contributed by atoms with Crippen LogP contribution in [0.2, 0.25) is 0 Å². The third-order valence-corrected chi connectivity index (χ3v) is 2.97. The molecule has 0 radical (unpaired) electrons. The van der Waals surface area contributed by atoms with Crippen LogP contribution < -0.4 is 11.1 Å². The molecule has 4 N–H and O–H groups in total. The van der Waals surface area contributed by atoms with Crippen LogP contribution in [0.15, 0.2) is 22.7 Å². The van der Waals surface area contributed by atoms with E-state index in [1.807, 2.05) is 12.3 Å². The van der Waals surface area contributed by atoms with Crippen molar-refractivity contribution in [3.63, 3.8) is 0 Å². The molecule has 1 amide bonds. The Morgan fingerprint density at radius 3 is 3.00 bits per heavy atom. The molecule has 1 heterocycles. The zero-order valence-corrected chi connectivity index (χ0v) is 9.83. The molecule has 0 spiro atoms. The molecular formula is C10H15N3O2S. The van der Waals surface area contributed by atoms with E-state index in [2.05, 4.69) is 10.5 Å². The largest absolute Gasteiger partial charge is 0.409 e. The van der Waals surface area contributed by atoms with Crippen molar-refractivity contribution in [1.82, 2.24) is 5.32 Å². The molecule has 6 heteroatoms. The molecule has 16 heavy (non-hydrogen) atoms. The fourth-order valence-electron chi connectivity index (χ4n) is 1.29. The number of amides is 1. The average molecular weight is 241 g/mol. The number of carbonyl (C=O) groups excluding carboxylic acids is 1. The second kappa shape index (κ2) is 6.12. The summed E-state index contributed by atoms with van der Waals surface area (Å²) in [6.07, 6.45) is 1.48. The van der Waals surface area contributed by atoms with Gasteiger partial charge in [0.05, 0.1) is 10.9 Å². The van der Waals surface area contributed by atoms with Crippen LogP contribution >= 0.6 is 11.3 Å². The Balaban J connectivity index is 2.65. The van der Waals surface area contributed by atoms with Gasteiger partial charge in [0.15, 0.2) is 5.84 Å². The van der Waals surface area contributed by atoms with Gasteiger partial charge in [-0.1, -0.05) is 24.6 Å². The monoisotopic (exact) mass is 241 g/mol. The molecule has 0 aliphatic heterocycles. The molecular weight excluding hydrogens is 226 g/mol. The smallest absolute Gasteiger partial charge is 0.261 e. The molecule has 0 aliphatic rings. The maximum atomic E-state index is 11.7. The summed E-state index contributed by atoms with van der Waals surface area (Å²) in [6.45, 7) is 1.97. The first-order valence-corrected chi connectivity index (χ1v) is 5.88. The molecule has 0 saturated carbocycles. The van der Waals surface area contributed by atoms with Gasteiger partial charge in [-0.05, 0) is 17.9 Å². The van der Waals surface area contributed by atoms with Gasteiger partial charge in [-0.2, -0.15) is 0 Å². The third-order valence-electron chi connectivity index (χ3n) is 2.10. The summed E-state index contributed by atoms with van der Waals surface area (Å²) in [5, 5.41) is 16.1. The van der Waals surface area contributed by atoms with Gasteiger partial charge in [0.2, 0.25) is 0 Å². The minimum atomic E-state index is -0.412. The predicted octanol–water partition coefficient (Wildman–Crippen LogP) is 1.39. The number of oxime groups is 1. The Hall–Kier alpha value is -1.56. The SMILES string of the molecule is CCCC(NC(=O)c1cccs1)/C(N)=N/O. The van der Waals surface area contributed by atoms with Crippen LogP contribution in [-0.4, -0.2) is 23.0 Å². The lowest BCUT2D eigenvalue weighted by molar-refractivity contribution is 0.0949. The molecule has 1 atom stereocenters. The zero-order valence-electron chi connectivity index (χ0n) is 9.01. The quantitative estimate of drug-likeness (QED) is 0.315. The second-order valence-electron chi connectivity index (χ2n) is 3.32. The third kappa shape index (κ3) is 3.23. The van der Waals surface area contributed by atoms with E-state index in [0.717, 1.165) is 6.42 Å². The van der Waals surface area contributed by atoms with E-state index in [0.29, 0.717) is 11.3 Å². The summed E-state index contributed by atoms with van der Waals surface area (Å²) in [5.74, 6) is -0.160.